The lowest BCUT2D eigenvalue weighted by Gasteiger charge is -2.28. The van der Waals surface area contributed by atoms with Crippen molar-refractivity contribution in [2.45, 2.75) is 45.4 Å². The third-order valence-electron chi connectivity index (χ3n) is 6.76. The summed E-state index contributed by atoms with van der Waals surface area (Å²) in [5.41, 5.74) is 4.90. The standard InChI is InChI=1S/C33H31Br3O5/c1-18-7-6-8-20(11-18)31(22-10-9-21(34)15-27(22)37)23-16-29(40-5)24(33(2,3)4)17-28(23)41-32-25(35)12-19(13-26(32)36)14-30(38)39/h6-13,15-17,31,37H,14H2,1-5H3,(H,38,39). The summed E-state index contributed by atoms with van der Waals surface area (Å²) in [5.74, 6) is 0.635. The molecule has 2 N–H and O–H groups in total. The molecule has 0 bridgehead atoms. The zero-order valence-electron chi connectivity index (χ0n) is 23.4. The van der Waals surface area contributed by atoms with Crippen LogP contribution < -0.4 is 9.47 Å². The molecular weight excluding hydrogens is 716 g/mol. The first-order chi connectivity index (χ1) is 19.3. The second-order valence-electron chi connectivity index (χ2n) is 11.0. The Morgan fingerprint density at radius 3 is 2.15 bits per heavy atom. The van der Waals surface area contributed by atoms with E-state index in [4.69, 9.17) is 9.47 Å². The Morgan fingerprint density at radius 1 is 0.902 bits per heavy atom. The van der Waals surface area contributed by atoms with Crippen LogP contribution in [0.2, 0.25) is 0 Å². The number of carboxylic acid groups (broad SMARTS) is 1. The maximum atomic E-state index is 11.3. The molecule has 0 amide bonds. The smallest absolute Gasteiger partial charge is 0.307 e. The molecule has 0 fully saturated rings. The van der Waals surface area contributed by atoms with Crippen LogP contribution in [0, 0.1) is 6.92 Å². The lowest BCUT2D eigenvalue weighted by atomic mass is 9.80. The van der Waals surface area contributed by atoms with Crippen LogP contribution in [0.5, 0.6) is 23.0 Å². The van der Waals surface area contributed by atoms with Crippen LogP contribution in [-0.2, 0) is 16.6 Å². The van der Waals surface area contributed by atoms with Crippen molar-refractivity contribution in [3.63, 3.8) is 0 Å². The number of halogens is 3. The van der Waals surface area contributed by atoms with E-state index in [9.17, 15) is 15.0 Å². The third-order valence-corrected chi connectivity index (χ3v) is 8.43. The minimum Gasteiger partial charge on any atom is -0.508 e. The SMILES string of the molecule is COc1cc(C(c2cccc(C)c2)c2ccc(Br)cc2O)c(Oc2c(Br)cc(CC(=O)O)cc2Br)cc1C(C)(C)C. The fourth-order valence-electron chi connectivity index (χ4n) is 4.88. The van der Waals surface area contributed by atoms with Gasteiger partial charge in [0, 0.05) is 27.1 Å². The Hall–Kier alpha value is -2.81. The van der Waals surface area contributed by atoms with Gasteiger partial charge in [-0.2, -0.15) is 0 Å². The second-order valence-corrected chi connectivity index (χ2v) is 13.6. The van der Waals surface area contributed by atoms with Gasteiger partial charge in [-0.3, -0.25) is 4.79 Å². The molecule has 0 aliphatic rings. The first-order valence-electron chi connectivity index (χ1n) is 12.9. The van der Waals surface area contributed by atoms with Crippen molar-refractivity contribution in [3.8, 4) is 23.0 Å². The molecule has 214 valence electrons. The number of hydrogen-bond acceptors (Lipinski definition) is 4. The molecule has 0 saturated carbocycles. The van der Waals surface area contributed by atoms with Crippen LogP contribution in [0.3, 0.4) is 0 Å². The molecule has 0 spiro atoms. The number of aromatic hydroxyl groups is 1. The van der Waals surface area contributed by atoms with E-state index in [1.807, 2.05) is 49.4 Å². The number of phenols is 1. The van der Waals surface area contributed by atoms with Crippen LogP contribution in [0.4, 0.5) is 0 Å². The van der Waals surface area contributed by atoms with Crippen molar-refractivity contribution < 1.29 is 24.5 Å². The topological polar surface area (TPSA) is 76.0 Å². The van der Waals surface area contributed by atoms with Crippen molar-refractivity contribution in [1.82, 2.24) is 0 Å². The van der Waals surface area contributed by atoms with E-state index in [1.54, 1.807) is 25.3 Å². The van der Waals surface area contributed by atoms with Crippen molar-refractivity contribution in [3.05, 3.63) is 114 Å². The average molecular weight is 747 g/mol. The van der Waals surface area contributed by atoms with Gasteiger partial charge in [-0.25, -0.2) is 0 Å². The van der Waals surface area contributed by atoms with E-state index >= 15 is 0 Å². The number of hydrogen-bond donors (Lipinski definition) is 2. The maximum Gasteiger partial charge on any atom is 0.307 e. The summed E-state index contributed by atoms with van der Waals surface area (Å²) in [5, 5.41) is 20.5. The predicted octanol–water partition coefficient (Wildman–Crippen LogP) is 9.89. The number of aryl methyl sites for hydroxylation is 1. The van der Waals surface area contributed by atoms with Gasteiger partial charge in [0.1, 0.15) is 17.2 Å². The molecule has 4 rings (SSSR count). The summed E-state index contributed by atoms with van der Waals surface area (Å²) >= 11 is 10.7. The number of rotatable bonds is 8. The first-order valence-corrected chi connectivity index (χ1v) is 15.3. The van der Waals surface area contributed by atoms with Crippen LogP contribution >= 0.6 is 47.8 Å². The van der Waals surface area contributed by atoms with Gasteiger partial charge < -0.3 is 19.7 Å². The molecule has 0 radical (unpaired) electrons. The van der Waals surface area contributed by atoms with Crippen LogP contribution in [0.25, 0.3) is 0 Å². The predicted molar refractivity (Wildman–Crippen MR) is 173 cm³/mol. The van der Waals surface area contributed by atoms with Gasteiger partial charge in [0.15, 0.2) is 5.75 Å². The highest BCUT2D eigenvalue weighted by atomic mass is 79.9. The number of phenolic OH excluding ortho intramolecular Hbond substituents is 1. The Morgan fingerprint density at radius 2 is 1.59 bits per heavy atom. The van der Waals surface area contributed by atoms with Gasteiger partial charge >= 0.3 is 5.97 Å². The molecule has 1 unspecified atom stereocenters. The molecule has 0 heterocycles. The Kier molecular flexibility index (Phi) is 9.56. The molecular formula is C33H31Br3O5. The van der Waals surface area contributed by atoms with Gasteiger partial charge in [-0.15, -0.1) is 0 Å². The van der Waals surface area contributed by atoms with E-state index in [0.29, 0.717) is 37.3 Å². The fourth-order valence-corrected chi connectivity index (χ4v) is 6.67. The zero-order chi connectivity index (χ0) is 30.1. The first kappa shape index (κ1) is 31.1. The molecule has 41 heavy (non-hydrogen) atoms. The van der Waals surface area contributed by atoms with Crippen LogP contribution in [-0.4, -0.2) is 23.3 Å². The average Bonchev–Trinajstić information content (AvgIpc) is 2.87. The molecule has 0 aliphatic heterocycles. The summed E-state index contributed by atoms with van der Waals surface area (Å²) < 4.78 is 14.6. The summed E-state index contributed by atoms with van der Waals surface area (Å²) in [6, 6.07) is 21.2. The van der Waals surface area contributed by atoms with Crippen molar-refractivity contribution in [1.29, 1.82) is 0 Å². The highest BCUT2D eigenvalue weighted by molar-refractivity contribution is 9.11. The molecule has 8 heteroatoms. The maximum absolute atomic E-state index is 11.3. The van der Waals surface area contributed by atoms with E-state index in [2.05, 4.69) is 74.6 Å². The molecule has 1 atom stereocenters. The number of carbonyl (C=O) groups is 1. The van der Waals surface area contributed by atoms with Crippen LogP contribution in [0.1, 0.15) is 60.1 Å². The fraction of sp³-hybridized carbons (Fsp3) is 0.242. The van der Waals surface area contributed by atoms with Gasteiger partial charge in [0.05, 0.1) is 22.5 Å². The normalized spacial score (nSPS) is 12.2. The summed E-state index contributed by atoms with van der Waals surface area (Å²) in [6.07, 6.45) is -0.113. The minimum atomic E-state index is -0.917. The number of aliphatic carboxylic acids is 1. The summed E-state index contributed by atoms with van der Waals surface area (Å²) in [7, 11) is 1.65. The number of ether oxygens (including phenoxy) is 2. The summed E-state index contributed by atoms with van der Waals surface area (Å²) in [6.45, 7) is 8.37. The number of methoxy groups -OCH3 is 1. The van der Waals surface area contributed by atoms with E-state index in [0.717, 1.165) is 26.7 Å². The van der Waals surface area contributed by atoms with Gasteiger partial charge in [-0.05, 0) is 91.7 Å². The van der Waals surface area contributed by atoms with Gasteiger partial charge in [0.25, 0.3) is 0 Å². The van der Waals surface area contributed by atoms with Gasteiger partial charge in [0.2, 0.25) is 0 Å². The molecule has 4 aromatic rings. The molecule has 5 nitrogen and oxygen atoms in total. The monoisotopic (exact) mass is 744 g/mol. The van der Waals surface area contributed by atoms with Crippen molar-refractivity contribution >= 4 is 53.8 Å². The quantitative estimate of drug-likeness (QED) is 0.176. The molecule has 0 saturated heterocycles. The Bertz CT molecular complexity index is 1580. The van der Waals surface area contributed by atoms with E-state index in [-0.39, 0.29) is 17.6 Å². The van der Waals surface area contributed by atoms with Crippen molar-refractivity contribution in [2.24, 2.45) is 0 Å². The highest BCUT2D eigenvalue weighted by Crippen LogP contribution is 2.48. The van der Waals surface area contributed by atoms with Crippen molar-refractivity contribution in [2.75, 3.05) is 7.11 Å². The minimum absolute atomic E-state index is 0.113. The molecule has 4 aromatic carbocycles. The number of benzene rings is 4. The lowest BCUT2D eigenvalue weighted by molar-refractivity contribution is -0.136. The summed E-state index contributed by atoms with van der Waals surface area (Å²) in [4.78, 5) is 11.3. The van der Waals surface area contributed by atoms with E-state index < -0.39 is 11.9 Å². The Balaban J connectivity index is 2.02. The van der Waals surface area contributed by atoms with Gasteiger partial charge in [-0.1, -0.05) is 72.6 Å². The van der Waals surface area contributed by atoms with Crippen LogP contribution in [0.15, 0.2) is 80.1 Å². The zero-order valence-corrected chi connectivity index (χ0v) is 28.1. The third kappa shape index (κ3) is 7.16. The Labute approximate surface area is 265 Å². The largest absolute Gasteiger partial charge is 0.508 e. The molecule has 0 aliphatic carbocycles. The lowest BCUT2D eigenvalue weighted by Crippen LogP contribution is -2.15. The second kappa shape index (κ2) is 12.6. The molecule has 0 aromatic heterocycles. The highest BCUT2D eigenvalue weighted by Gasteiger charge is 2.29. The number of carboxylic acids is 1. The van der Waals surface area contributed by atoms with E-state index in [1.165, 1.54) is 0 Å².